The van der Waals surface area contributed by atoms with Crippen LogP contribution in [0.1, 0.15) is 30.4 Å². The summed E-state index contributed by atoms with van der Waals surface area (Å²) in [4.78, 5) is 8.54. The van der Waals surface area contributed by atoms with E-state index in [0.29, 0.717) is 17.9 Å². The molecule has 0 saturated carbocycles. The summed E-state index contributed by atoms with van der Waals surface area (Å²) in [5.74, 6) is 0.624. The van der Waals surface area contributed by atoms with Crippen LogP contribution in [0.4, 0.5) is 24.8 Å². The van der Waals surface area contributed by atoms with Gasteiger partial charge in [-0.1, -0.05) is 6.92 Å². The van der Waals surface area contributed by atoms with Crippen molar-refractivity contribution in [2.75, 3.05) is 12.4 Å². The maximum atomic E-state index is 13.2. The fraction of sp³-hybridized carbons (Fsp3) is 0.350. The number of aliphatic hydroxyl groups excluding tert-OH is 1. The molecule has 0 bridgehead atoms. The van der Waals surface area contributed by atoms with Crippen molar-refractivity contribution in [1.82, 2.24) is 19.7 Å². The van der Waals surface area contributed by atoms with Gasteiger partial charge in [-0.2, -0.15) is 31.7 Å². The van der Waals surface area contributed by atoms with Gasteiger partial charge in [0, 0.05) is 30.1 Å². The normalized spacial score (nSPS) is 12.2. The zero-order chi connectivity index (χ0) is 21.9. The number of nitrogens with one attached hydrogen (secondary N) is 1. The fourth-order valence-electron chi connectivity index (χ4n) is 2.84. The van der Waals surface area contributed by atoms with Gasteiger partial charge in [0.15, 0.2) is 0 Å². The van der Waals surface area contributed by atoms with E-state index in [1.807, 2.05) is 13.8 Å². The highest BCUT2D eigenvalue weighted by Gasteiger charge is 2.31. The predicted molar refractivity (Wildman–Crippen MR) is 116 cm³/mol. The molecule has 2 heterocycles. The number of nitrogens with zero attached hydrogens (tertiary/aromatic N) is 4. The van der Waals surface area contributed by atoms with Crippen molar-refractivity contribution in [2.45, 2.75) is 39.0 Å². The van der Waals surface area contributed by atoms with Gasteiger partial charge in [-0.3, -0.25) is 4.98 Å². The van der Waals surface area contributed by atoms with Gasteiger partial charge in [0.2, 0.25) is 5.95 Å². The van der Waals surface area contributed by atoms with Crippen LogP contribution in [0.25, 0.3) is 5.69 Å². The first-order chi connectivity index (χ1) is 14.2. The number of halogens is 3. The van der Waals surface area contributed by atoms with Gasteiger partial charge < -0.3 is 15.2 Å². The molecule has 1 unspecified atom stereocenters. The quantitative estimate of drug-likeness (QED) is 0.556. The number of rotatable bonds is 7. The van der Waals surface area contributed by atoms with Crippen molar-refractivity contribution in [3.8, 4) is 11.4 Å². The number of anilines is 2. The molecule has 2 N–H and O–H groups in total. The van der Waals surface area contributed by atoms with Crippen LogP contribution in [0.3, 0.4) is 0 Å². The van der Waals surface area contributed by atoms with E-state index in [4.69, 9.17) is 4.74 Å². The largest absolute Gasteiger partial charge is 0.497 e. The number of hydrogen-bond donors (Lipinski definition) is 2. The van der Waals surface area contributed by atoms with Crippen LogP contribution in [0.15, 0.2) is 36.5 Å². The molecule has 168 valence electrons. The predicted octanol–water partition coefficient (Wildman–Crippen LogP) is 4.17. The highest BCUT2D eigenvalue weighted by molar-refractivity contribution is 7.59. The number of methoxy groups -OCH3 is 1. The van der Waals surface area contributed by atoms with E-state index < -0.39 is 17.8 Å². The third kappa shape index (κ3) is 6.11. The van der Waals surface area contributed by atoms with Crippen LogP contribution >= 0.6 is 13.5 Å². The molecular formula is C20H24F3N5O2S. The van der Waals surface area contributed by atoms with E-state index in [9.17, 15) is 18.3 Å². The van der Waals surface area contributed by atoms with Gasteiger partial charge in [-0.25, -0.2) is 4.68 Å². The molecule has 0 fully saturated rings. The Morgan fingerprint density at radius 3 is 2.58 bits per heavy atom. The van der Waals surface area contributed by atoms with Crippen LogP contribution < -0.4 is 10.1 Å². The molecule has 0 aliphatic carbocycles. The Balaban J connectivity index is 0.00000341. The molecule has 0 saturated heterocycles. The smallest absolute Gasteiger partial charge is 0.416 e. The zero-order valence-corrected chi connectivity index (χ0v) is 18.2. The summed E-state index contributed by atoms with van der Waals surface area (Å²) in [6.45, 7) is 3.67. The summed E-state index contributed by atoms with van der Waals surface area (Å²) < 4.78 is 46.1. The highest BCUT2D eigenvalue weighted by atomic mass is 32.1. The Hall–Kier alpha value is -2.79. The molecule has 11 heteroatoms. The van der Waals surface area contributed by atoms with Gasteiger partial charge >= 0.3 is 6.18 Å². The minimum Gasteiger partial charge on any atom is -0.497 e. The number of pyridine rings is 1. The van der Waals surface area contributed by atoms with Gasteiger partial charge in [-0.15, -0.1) is 5.10 Å². The third-order valence-electron chi connectivity index (χ3n) is 4.41. The molecule has 0 aliphatic heterocycles. The topological polar surface area (TPSA) is 85.1 Å². The summed E-state index contributed by atoms with van der Waals surface area (Å²) in [5.41, 5.74) is 0.729. The molecule has 3 aromatic rings. The number of aromatic nitrogens is 4. The van der Waals surface area contributed by atoms with Crippen LogP contribution in [0.2, 0.25) is 0 Å². The minimum absolute atomic E-state index is 0. The molecule has 3 rings (SSSR count). The van der Waals surface area contributed by atoms with Crippen molar-refractivity contribution >= 4 is 25.1 Å². The summed E-state index contributed by atoms with van der Waals surface area (Å²) in [6.07, 6.45) is -2.77. The van der Waals surface area contributed by atoms with Gasteiger partial charge in [0.25, 0.3) is 0 Å². The summed E-state index contributed by atoms with van der Waals surface area (Å²) in [6, 6.07) is 6.83. The summed E-state index contributed by atoms with van der Waals surface area (Å²) >= 11 is 0. The number of ether oxygens (including phenoxy) is 1. The monoisotopic (exact) mass is 455 g/mol. The lowest BCUT2D eigenvalue weighted by atomic mass is 10.2. The second-order valence-electron chi connectivity index (χ2n) is 6.76. The average Bonchev–Trinajstić information content (AvgIpc) is 3.08. The van der Waals surface area contributed by atoms with E-state index in [0.717, 1.165) is 17.8 Å². The molecule has 7 nitrogen and oxygen atoms in total. The highest BCUT2D eigenvalue weighted by Crippen LogP contribution is 2.34. The Kier molecular flexibility index (Phi) is 7.91. The Labute approximate surface area is 184 Å². The lowest BCUT2D eigenvalue weighted by Crippen LogP contribution is -2.13. The Bertz CT molecular complexity index is 1030. The molecule has 2 aromatic heterocycles. The SMILES string of the molecule is CCC(O)Cc1nc(Nc2cc(OC)cc(C(F)(F)F)c2)nn1-c1ccnc(C)c1.S. The van der Waals surface area contributed by atoms with E-state index in [2.05, 4.69) is 20.4 Å². The summed E-state index contributed by atoms with van der Waals surface area (Å²) in [7, 11) is 1.29. The summed E-state index contributed by atoms with van der Waals surface area (Å²) in [5, 5.41) is 17.3. The van der Waals surface area contributed by atoms with Gasteiger partial charge in [0.05, 0.1) is 24.5 Å². The number of alkyl halides is 3. The van der Waals surface area contributed by atoms with E-state index >= 15 is 0 Å². The minimum atomic E-state index is -4.53. The second kappa shape index (κ2) is 10.0. The standard InChI is InChI=1S/C20H22F3N5O2.H2S/c1-4-16(29)11-18-26-19(27-28(18)15-5-6-24-12(2)7-15)25-14-8-13(20(21,22)23)9-17(10-14)30-3;/h5-10,16,29H,4,11H2,1-3H3,(H,25,27);1H2. The molecule has 31 heavy (non-hydrogen) atoms. The molecule has 1 atom stereocenters. The molecule has 1 aromatic carbocycles. The number of aryl methyl sites for hydroxylation is 1. The number of benzene rings is 1. The first-order valence-corrected chi connectivity index (χ1v) is 9.30. The van der Waals surface area contributed by atoms with Crippen molar-refractivity contribution in [1.29, 1.82) is 0 Å². The molecule has 0 aliphatic rings. The fourth-order valence-corrected chi connectivity index (χ4v) is 2.84. The van der Waals surface area contributed by atoms with Crippen LogP contribution in [-0.4, -0.2) is 38.1 Å². The average molecular weight is 456 g/mol. The maximum absolute atomic E-state index is 13.2. The third-order valence-corrected chi connectivity index (χ3v) is 4.41. The lowest BCUT2D eigenvalue weighted by molar-refractivity contribution is -0.137. The van der Waals surface area contributed by atoms with Crippen molar-refractivity contribution < 1.29 is 23.0 Å². The van der Waals surface area contributed by atoms with Crippen molar-refractivity contribution in [3.63, 3.8) is 0 Å². The van der Waals surface area contributed by atoms with Crippen molar-refractivity contribution in [2.24, 2.45) is 0 Å². The number of aliphatic hydroxyl groups is 1. The van der Waals surface area contributed by atoms with Gasteiger partial charge in [0.1, 0.15) is 11.6 Å². The Morgan fingerprint density at radius 1 is 1.23 bits per heavy atom. The van der Waals surface area contributed by atoms with E-state index in [1.165, 1.54) is 13.2 Å². The molecule has 0 spiro atoms. The first-order valence-electron chi connectivity index (χ1n) is 9.30. The second-order valence-corrected chi connectivity index (χ2v) is 6.76. The maximum Gasteiger partial charge on any atom is 0.416 e. The number of hydrogen-bond acceptors (Lipinski definition) is 6. The zero-order valence-electron chi connectivity index (χ0n) is 17.2. The van der Waals surface area contributed by atoms with Crippen LogP contribution in [0.5, 0.6) is 5.75 Å². The molecule has 0 radical (unpaired) electrons. The first kappa shape index (κ1) is 24.5. The van der Waals surface area contributed by atoms with Crippen LogP contribution in [-0.2, 0) is 12.6 Å². The van der Waals surface area contributed by atoms with Crippen molar-refractivity contribution in [3.05, 3.63) is 53.6 Å². The lowest BCUT2D eigenvalue weighted by Gasteiger charge is -2.11. The van der Waals surface area contributed by atoms with Crippen LogP contribution in [0, 0.1) is 6.92 Å². The van der Waals surface area contributed by atoms with Gasteiger partial charge in [-0.05, 0) is 37.6 Å². The Morgan fingerprint density at radius 2 is 1.97 bits per heavy atom. The molecule has 0 amide bonds. The van der Waals surface area contributed by atoms with E-state index in [1.54, 1.807) is 23.0 Å². The molecular weight excluding hydrogens is 431 g/mol. The van der Waals surface area contributed by atoms with E-state index in [-0.39, 0.29) is 37.3 Å².